The van der Waals surface area contributed by atoms with Gasteiger partial charge in [-0.3, -0.25) is 0 Å². The van der Waals surface area contributed by atoms with Crippen LogP contribution in [-0.2, 0) is 10.1 Å². The molecule has 156 valence electrons. The molecule has 1 aliphatic heterocycles. The van der Waals surface area contributed by atoms with Crippen molar-refractivity contribution in [3.63, 3.8) is 0 Å². The van der Waals surface area contributed by atoms with Crippen LogP contribution in [-0.4, -0.2) is 38.6 Å². The third-order valence-electron chi connectivity index (χ3n) is 5.86. The first-order chi connectivity index (χ1) is 13.9. The van der Waals surface area contributed by atoms with Crippen LogP contribution in [0, 0.1) is 6.92 Å². The Morgan fingerprint density at radius 2 is 1.69 bits per heavy atom. The van der Waals surface area contributed by atoms with Crippen LogP contribution in [0.1, 0.15) is 37.7 Å². The van der Waals surface area contributed by atoms with Gasteiger partial charge in [0.05, 0.1) is 5.69 Å². The maximum atomic E-state index is 12.6. The van der Waals surface area contributed by atoms with E-state index in [9.17, 15) is 8.42 Å². The lowest BCUT2D eigenvalue weighted by molar-refractivity contribution is 0.0493. The monoisotopic (exact) mass is 416 g/mol. The molecule has 0 aromatic heterocycles. The molecule has 0 unspecified atom stereocenters. The van der Waals surface area contributed by atoms with Gasteiger partial charge in [-0.15, -0.1) is 0 Å². The maximum absolute atomic E-state index is 12.6. The molecule has 0 radical (unpaired) electrons. The number of nitrogen functional groups attached to an aromatic ring is 1. The Bertz CT molecular complexity index is 947. The van der Waals surface area contributed by atoms with Gasteiger partial charge in [-0.2, -0.15) is 8.42 Å². The molecule has 2 aliphatic rings. The van der Waals surface area contributed by atoms with Crippen molar-refractivity contribution in [1.29, 1.82) is 0 Å². The van der Waals surface area contributed by atoms with Gasteiger partial charge in [0.25, 0.3) is 0 Å². The summed E-state index contributed by atoms with van der Waals surface area (Å²) in [5.41, 5.74) is 7.19. The van der Waals surface area contributed by atoms with Crippen LogP contribution >= 0.6 is 0 Å². The van der Waals surface area contributed by atoms with Gasteiger partial charge in [-0.05, 0) is 56.9 Å². The van der Waals surface area contributed by atoms with Crippen molar-refractivity contribution in [1.82, 2.24) is 4.90 Å². The van der Waals surface area contributed by atoms with E-state index in [1.807, 2.05) is 6.92 Å². The zero-order valence-corrected chi connectivity index (χ0v) is 17.5. The smallest absolute Gasteiger partial charge is 0.339 e. The largest absolute Gasteiger partial charge is 0.490 e. The molecule has 1 aliphatic carbocycles. The van der Waals surface area contributed by atoms with E-state index < -0.39 is 10.1 Å². The number of aryl methyl sites for hydroxylation is 1. The van der Waals surface area contributed by atoms with Crippen LogP contribution in [0.4, 0.5) is 5.69 Å². The third kappa shape index (κ3) is 4.67. The number of likely N-dealkylation sites (tertiary alicyclic amines) is 1. The molecule has 6 nitrogen and oxygen atoms in total. The highest BCUT2D eigenvalue weighted by molar-refractivity contribution is 7.87. The summed E-state index contributed by atoms with van der Waals surface area (Å²) in [6.45, 7) is 4.00. The number of rotatable bonds is 6. The summed E-state index contributed by atoms with van der Waals surface area (Å²) in [5.74, 6) is 0.672. The van der Waals surface area contributed by atoms with Gasteiger partial charge in [0, 0.05) is 25.2 Å². The number of hydrogen-bond acceptors (Lipinski definition) is 6. The van der Waals surface area contributed by atoms with E-state index in [1.54, 1.807) is 30.3 Å². The number of nitrogens with two attached hydrogens (primary N) is 1. The molecule has 0 amide bonds. The van der Waals surface area contributed by atoms with Gasteiger partial charge in [0.1, 0.15) is 16.7 Å². The minimum Gasteiger partial charge on any atom is -0.490 e. The molecule has 0 atom stereocenters. The van der Waals surface area contributed by atoms with E-state index in [-0.39, 0.29) is 22.4 Å². The van der Waals surface area contributed by atoms with E-state index in [0.717, 1.165) is 37.5 Å². The average molecular weight is 417 g/mol. The lowest BCUT2D eigenvalue weighted by Crippen LogP contribution is -2.46. The van der Waals surface area contributed by atoms with E-state index in [2.05, 4.69) is 4.90 Å². The first kappa shape index (κ1) is 20.0. The predicted octanol–water partition coefficient (Wildman–Crippen LogP) is 3.74. The van der Waals surface area contributed by atoms with Gasteiger partial charge in [0.2, 0.25) is 0 Å². The molecule has 2 aromatic carbocycles. The fourth-order valence-corrected chi connectivity index (χ4v) is 4.78. The van der Waals surface area contributed by atoms with Crippen molar-refractivity contribution in [3.8, 4) is 11.5 Å². The lowest BCUT2D eigenvalue weighted by Gasteiger charge is -2.41. The van der Waals surface area contributed by atoms with Crippen LogP contribution in [0.2, 0.25) is 0 Å². The van der Waals surface area contributed by atoms with Crippen LogP contribution in [0.3, 0.4) is 0 Å². The van der Waals surface area contributed by atoms with E-state index in [4.69, 9.17) is 14.7 Å². The summed E-state index contributed by atoms with van der Waals surface area (Å²) in [6, 6.07) is 12.2. The normalized spacial score (nSPS) is 18.9. The van der Waals surface area contributed by atoms with Crippen molar-refractivity contribution in [2.24, 2.45) is 0 Å². The SMILES string of the molecule is Cc1ccc(S(=O)(=O)Oc2cc(OC3CCN(C4CCC4)CC3)ccc2N)cc1. The van der Waals surface area contributed by atoms with Gasteiger partial charge in [-0.1, -0.05) is 24.1 Å². The molecule has 0 bridgehead atoms. The highest BCUT2D eigenvalue weighted by Gasteiger charge is 2.29. The van der Waals surface area contributed by atoms with Crippen LogP contribution in [0.15, 0.2) is 47.4 Å². The molecule has 2 N–H and O–H groups in total. The molecule has 1 saturated heterocycles. The quantitative estimate of drug-likeness (QED) is 0.571. The lowest BCUT2D eigenvalue weighted by atomic mass is 9.90. The first-order valence-corrected chi connectivity index (χ1v) is 11.6. The first-order valence-electron chi connectivity index (χ1n) is 10.2. The molecule has 2 aromatic rings. The van der Waals surface area contributed by atoms with Crippen molar-refractivity contribution in [2.45, 2.75) is 56.1 Å². The maximum Gasteiger partial charge on any atom is 0.339 e. The Morgan fingerprint density at radius 1 is 1.00 bits per heavy atom. The molecule has 4 rings (SSSR count). The highest BCUT2D eigenvalue weighted by Crippen LogP contribution is 2.32. The van der Waals surface area contributed by atoms with Crippen LogP contribution in [0.5, 0.6) is 11.5 Å². The Hall–Kier alpha value is -2.25. The van der Waals surface area contributed by atoms with Gasteiger partial charge < -0.3 is 19.6 Å². The molecule has 1 saturated carbocycles. The topological polar surface area (TPSA) is 81.9 Å². The van der Waals surface area contributed by atoms with Crippen molar-refractivity contribution >= 4 is 15.8 Å². The zero-order chi connectivity index (χ0) is 20.4. The summed E-state index contributed by atoms with van der Waals surface area (Å²) in [7, 11) is -3.96. The minimum atomic E-state index is -3.96. The number of piperidine rings is 1. The minimum absolute atomic E-state index is 0.0926. The second-order valence-corrected chi connectivity index (χ2v) is 9.53. The summed E-state index contributed by atoms with van der Waals surface area (Å²) in [5, 5.41) is 0. The predicted molar refractivity (Wildman–Crippen MR) is 113 cm³/mol. The molecular formula is C22H28N2O4S. The molecule has 0 spiro atoms. The molecular weight excluding hydrogens is 388 g/mol. The summed E-state index contributed by atoms with van der Waals surface area (Å²) in [6.07, 6.45) is 6.05. The van der Waals surface area contributed by atoms with E-state index >= 15 is 0 Å². The van der Waals surface area contributed by atoms with Crippen molar-refractivity contribution in [2.75, 3.05) is 18.8 Å². The summed E-state index contributed by atoms with van der Waals surface area (Å²) < 4.78 is 36.6. The summed E-state index contributed by atoms with van der Waals surface area (Å²) >= 11 is 0. The Kier molecular flexibility index (Phi) is 5.69. The van der Waals surface area contributed by atoms with Gasteiger partial charge >= 0.3 is 10.1 Å². The van der Waals surface area contributed by atoms with Crippen molar-refractivity contribution < 1.29 is 17.3 Å². The zero-order valence-electron chi connectivity index (χ0n) is 16.7. The molecule has 7 heteroatoms. The summed E-state index contributed by atoms with van der Waals surface area (Å²) in [4.78, 5) is 2.66. The highest BCUT2D eigenvalue weighted by atomic mass is 32.2. The second kappa shape index (κ2) is 8.24. The Labute approximate surface area is 172 Å². The number of anilines is 1. The number of benzene rings is 2. The molecule has 2 fully saturated rings. The number of hydrogen-bond donors (Lipinski definition) is 1. The van der Waals surface area contributed by atoms with Crippen LogP contribution < -0.4 is 14.7 Å². The van der Waals surface area contributed by atoms with E-state index in [1.165, 1.54) is 31.4 Å². The molecule has 1 heterocycles. The fourth-order valence-electron chi connectivity index (χ4n) is 3.83. The Morgan fingerprint density at radius 3 is 2.31 bits per heavy atom. The standard InChI is InChI=1S/C22H28N2O4S/c1-16-5-8-20(9-6-16)29(25,26)28-22-15-19(7-10-21(22)23)27-18-11-13-24(14-12-18)17-3-2-4-17/h5-10,15,17-18H,2-4,11-14,23H2,1H3. The van der Waals surface area contributed by atoms with Crippen LogP contribution in [0.25, 0.3) is 0 Å². The number of ether oxygens (including phenoxy) is 1. The Balaban J connectivity index is 1.41. The second-order valence-electron chi connectivity index (χ2n) is 7.99. The number of nitrogens with zero attached hydrogens (tertiary/aromatic N) is 1. The van der Waals surface area contributed by atoms with Crippen molar-refractivity contribution in [3.05, 3.63) is 48.0 Å². The van der Waals surface area contributed by atoms with Gasteiger partial charge in [0.15, 0.2) is 5.75 Å². The van der Waals surface area contributed by atoms with Gasteiger partial charge in [-0.25, -0.2) is 0 Å². The molecule has 29 heavy (non-hydrogen) atoms. The fraction of sp³-hybridized carbons (Fsp3) is 0.455. The average Bonchev–Trinajstić information content (AvgIpc) is 2.65. The van der Waals surface area contributed by atoms with E-state index in [0.29, 0.717) is 5.75 Å². The third-order valence-corrected chi connectivity index (χ3v) is 7.11.